The first-order valence-electron chi connectivity index (χ1n) is 7.44. The van der Waals surface area contributed by atoms with Crippen molar-refractivity contribution in [2.24, 2.45) is 4.99 Å². The Morgan fingerprint density at radius 3 is 2.78 bits per heavy atom. The molecular weight excluding hydrogens is 372 g/mol. The fraction of sp³-hybridized carbons (Fsp3) is 0.222. The lowest BCUT2D eigenvalue weighted by Gasteiger charge is -2.18. The van der Waals surface area contributed by atoms with E-state index in [-0.39, 0.29) is 5.91 Å². The Kier molecular flexibility index (Phi) is 5.18. The fourth-order valence-corrected chi connectivity index (χ4v) is 3.75. The number of amidine groups is 1. The number of aliphatic imine (C=N–C) groups is 1. The number of nitrogens with zero attached hydrogens (tertiary/aromatic N) is 2. The molecule has 0 spiro atoms. The standard InChI is InChI=1S/C18H17BrN2OS/c1-13-5-7-14(8-6-13)12-23-18-20-9-10-21(18)17(22)15-3-2-4-16(19)11-15/h2-8,11H,9-10,12H2,1H3. The molecule has 0 atom stereocenters. The third-order valence-electron chi connectivity index (χ3n) is 3.61. The van der Waals surface area contributed by atoms with Gasteiger partial charge >= 0.3 is 0 Å². The zero-order chi connectivity index (χ0) is 16.2. The summed E-state index contributed by atoms with van der Waals surface area (Å²) in [5, 5.41) is 0.815. The van der Waals surface area contributed by atoms with Crippen molar-refractivity contribution in [3.05, 3.63) is 69.7 Å². The minimum atomic E-state index is 0.0129. The zero-order valence-corrected chi connectivity index (χ0v) is 15.2. The molecule has 3 nitrogen and oxygen atoms in total. The maximum Gasteiger partial charge on any atom is 0.259 e. The number of hydrogen-bond acceptors (Lipinski definition) is 3. The smallest absolute Gasteiger partial charge is 0.259 e. The number of rotatable bonds is 3. The molecule has 1 heterocycles. The molecule has 23 heavy (non-hydrogen) atoms. The predicted octanol–water partition coefficient (Wildman–Crippen LogP) is 4.50. The summed E-state index contributed by atoms with van der Waals surface area (Å²) in [5.74, 6) is 0.834. The Balaban J connectivity index is 1.67. The summed E-state index contributed by atoms with van der Waals surface area (Å²) in [6.07, 6.45) is 0. The molecule has 5 heteroatoms. The summed E-state index contributed by atoms with van der Waals surface area (Å²) >= 11 is 5.04. The van der Waals surface area contributed by atoms with Crippen molar-refractivity contribution < 1.29 is 4.79 Å². The van der Waals surface area contributed by atoms with Crippen molar-refractivity contribution in [2.75, 3.05) is 13.1 Å². The molecule has 1 aliphatic rings. The van der Waals surface area contributed by atoms with Crippen LogP contribution in [-0.4, -0.2) is 29.1 Å². The average Bonchev–Trinajstić information content (AvgIpc) is 3.02. The van der Waals surface area contributed by atoms with Crippen molar-refractivity contribution in [3.63, 3.8) is 0 Å². The number of carbonyl (C=O) groups is 1. The van der Waals surface area contributed by atoms with Crippen LogP contribution in [0.1, 0.15) is 21.5 Å². The predicted molar refractivity (Wildman–Crippen MR) is 100.0 cm³/mol. The molecule has 118 valence electrons. The molecule has 1 amide bonds. The lowest BCUT2D eigenvalue weighted by atomic mass is 10.2. The van der Waals surface area contributed by atoms with Crippen LogP contribution in [-0.2, 0) is 5.75 Å². The van der Waals surface area contributed by atoms with E-state index in [9.17, 15) is 4.79 Å². The molecule has 2 aromatic rings. The second-order valence-electron chi connectivity index (χ2n) is 5.41. The van der Waals surface area contributed by atoms with Gasteiger partial charge in [-0.3, -0.25) is 14.7 Å². The first-order valence-corrected chi connectivity index (χ1v) is 9.21. The molecule has 2 aromatic carbocycles. The average molecular weight is 389 g/mol. The lowest BCUT2D eigenvalue weighted by Crippen LogP contribution is -2.32. The molecule has 0 aromatic heterocycles. The van der Waals surface area contributed by atoms with Gasteiger partial charge in [0.1, 0.15) is 0 Å². The highest BCUT2D eigenvalue weighted by Crippen LogP contribution is 2.22. The maximum atomic E-state index is 12.7. The van der Waals surface area contributed by atoms with E-state index in [0.29, 0.717) is 18.7 Å². The molecule has 0 bridgehead atoms. The van der Waals surface area contributed by atoms with Gasteiger partial charge in [-0.2, -0.15) is 0 Å². The molecule has 0 saturated heterocycles. The molecule has 0 unspecified atom stereocenters. The molecule has 0 radical (unpaired) electrons. The van der Waals surface area contributed by atoms with E-state index in [1.165, 1.54) is 11.1 Å². The monoisotopic (exact) mass is 388 g/mol. The van der Waals surface area contributed by atoms with Gasteiger partial charge in [-0.05, 0) is 30.7 Å². The Labute approximate surface area is 148 Å². The van der Waals surface area contributed by atoms with Gasteiger partial charge in [-0.25, -0.2) is 0 Å². The van der Waals surface area contributed by atoms with Gasteiger partial charge in [0.25, 0.3) is 5.91 Å². The highest BCUT2D eigenvalue weighted by molar-refractivity contribution is 9.10. The Hall–Kier alpha value is -1.59. The van der Waals surface area contributed by atoms with E-state index in [2.05, 4.69) is 52.1 Å². The van der Waals surface area contributed by atoms with E-state index in [4.69, 9.17) is 0 Å². The number of thioether (sulfide) groups is 1. The van der Waals surface area contributed by atoms with Crippen LogP contribution in [0, 0.1) is 6.92 Å². The van der Waals surface area contributed by atoms with Crippen LogP contribution in [0.15, 0.2) is 58.0 Å². The van der Waals surface area contributed by atoms with Crippen LogP contribution in [0.5, 0.6) is 0 Å². The lowest BCUT2D eigenvalue weighted by molar-refractivity contribution is 0.0860. The quantitative estimate of drug-likeness (QED) is 0.774. The highest BCUT2D eigenvalue weighted by atomic mass is 79.9. The maximum absolute atomic E-state index is 12.7. The van der Waals surface area contributed by atoms with Crippen LogP contribution < -0.4 is 0 Å². The van der Waals surface area contributed by atoms with E-state index in [0.717, 1.165) is 15.4 Å². The molecular formula is C18H17BrN2OS. The van der Waals surface area contributed by atoms with Gasteiger partial charge in [-0.15, -0.1) is 0 Å². The number of carbonyl (C=O) groups excluding carboxylic acids is 1. The van der Waals surface area contributed by atoms with Crippen LogP contribution in [0.3, 0.4) is 0 Å². The van der Waals surface area contributed by atoms with Crippen molar-refractivity contribution >= 4 is 38.8 Å². The molecule has 0 saturated carbocycles. The molecule has 0 fully saturated rings. The third-order valence-corrected chi connectivity index (χ3v) is 5.19. The fourth-order valence-electron chi connectivity index (χ4n) is 2.35. The van der Waals surface area contributed by atoms with Gasteiger partial charge < -0.3 is 0 Å². The van der Waals surface area contributed by atoms with Gasteiger partial charge in [-0.1, -0.05) is 63.6 Å². The summed E-state index contributed by atoms with van der Waals surface area (Å²) in [7, 11) is 0. The topological polar surface area (TPSA) is 32.7 Å². The molecule has 0 aliphatic carbocycles. The van der Waals surface area contributed by atoms with Crippen LogP contribution in [0.2, 0.25) is 0 Å². The second kappa shape index (κ2) is 7.32. The van der Waals surface area contributed by atoms with Crippen molar-refractivity contribution in [1.82, 2.24) is 4.90 Å². The molecule has 3 rings (SSSR count). The number of benzene rings is 2. The molecule has 1 aliphatic heterocycles. The van der Waals surface area contributed by atoms with Crippen LogP contribution in [0.4, 0.5) is 0 Å². The van der Waals surface area contributed by atoms with Gasteiger partial charge in [0, 0.05) is 22.3 Å². The minimum Gasteiger partial charge on any atom is -0.286 e. The summed E-state index contributed by atoms with van der Waals surface area (Å²) in [6.45, 7) is 3.41. The van der Waals surface area contributed by atoms with Gasteiger partial charge in [0.15, 0.2) is 5.17 Å². The van der Waals surface area contributed by atoms with Crippen molar-refractivity contribution in [2.45, 2.75) is 12.7 Å². The van der Waals surface area contributed by atoms with E-state index in [1.807, 2.05) is 24.3 Å². The largest absolute Gasteiger partial charge is 0.286 e. The first kappa shape index (κ1) is 16.3. The Morgan fingerprint density at radius 2 is 2.04 bits per heavy atom. The van der Waals surface area contributed by atoms with Gasteiger partial charge in [0.05, 0.1) is 6.54 Å². The zero-order valence-electron chi connectivity index (χ0n) is 12.8. The first-order chi connectivity index (χ1) is 11.1. The minimum absolute atomic E-state index is 0.0129. The van der Waals surface area contributed by atoms with E-state index in [1.54, 1.807) is 16.7 Å². The van der Waals surface area contributed by atoms with E-state index < -0.39 is 0 Å². The van der Waals surface area contributed by atoms with Gasteiger partial charge in [0.2, 0.25) is 0 Å². The highest BCUT2D eigenvalue weighted by Gasteiger charge is 2.25. The molecule has 0 N–H and O–H groups in total. The van der Waals surface area contributed by atoms with E-state index >= 15 is 0 Å². The number of aryl methyl sites for hydroxylation is 1. The Bertz CT molecular complexity index is 743. The summed E-state index contributed by atoms with van der Waals surface area (Å²) in [5.41, 5.74) is 3.18. The summed E-state index contributed by atoms with van der Waals surface area (Å²) < 4.78 is 0.911. The number of hydrogen-bond donors (Lipinski definition) is 0. The van der Waals surface area contributed by atoms with Crippen molar-refractivity contribution in [3.8, 4) is 0 Å². The summed E-state index contributed by atoms with van der Waals surface area (Å²) in [6, 6.07) is 16.0. The number of amides is 1. The van der Waals surface area contributed by atoms with Crippen LogP contribution in [0.25, 0.3) is 0 Å². The Morgan fingerprint density at radius 1 is 1.26 bits per heavy atom. The second-order valence-corrected chi connectivity index (χ2v) is 7.26. The third kappa shape index (κ3) is 4.03. The van der Waals surface area contributed by atoms with Crippen LogP contribution >= 0.6 is 27.7 Å². The summed E-state index contributed by atoms with van der Waals surface area (Å²) in [4.78, 5) is 18.9. The normalized spacial score (nSPS) is 14.0. The van der Waals surface area contributed by atoms with Crippen molar-refractivity contribution in [1.29, 1.82) is 0 Å². The number of halogens is 1. The SMILES string of the molecule is Cc1ccc(CSC2=NCCN2C(=O)c2cccc(Br)c2)cc1.